The van der Waals surface area contributed by atoms with Gasteiger partial charge in [0, 0.05) is 4.90 Å². The van der Waals surface area contributed by atoms with Crippen molar-refractivity contribution in [2.45, 2.75) is 4.90 Å². The van der Waals surface area contributed by atoms with Crippen molar-refractivity contribution in [3.63, 3.8) is 0 Å². The van der Waals surface area contributed by atoms with Crippen LogP contribution >= 0.6 is 35.8 Å². The van der Waals surface area contributed by atoms with Crippen LogP contribution in [0.4, 0.5) is 5.69 Å². The van der Waals surface area contributed by atoms with Crippen LogP contribution in [0.15, 0.2) is 17.0 Å². The number of nitrogens with two attached hydrogens (primary N) is 1. The van der Waals surface area contributed by atoms with Crippen molar-refractivity contribution in [1.29, 1.82) is 0 Å². The van der Waals surface area contributed by atoms with Gasteiger partial charge in [-0.3, -0.25) is 0 Å². The molecule has 0 aliphatic rings. The molecule has 0 unspecified atom stereocenters. The summed E-state index contributed by atoms with van der Waals surface area (Å²) in [5, 5.41) is 1.000. The van der Waals surface area contributed by atoms with Crippen LogP contribution in [0.5, 0.6) is 0 Å². The van der Waals surface area contributed by atoms with Gasteiger partial charge in [0.05, 0.1) is 15.7 Å². The summed E-state index contributed by atoms with van der Waals surface area (Å²) in [6.07, 6.45) is 0. The molecule has 1 aromatic carbocycles. The second-order valence-corrected chi connectivity index (χ2v) is 3.12. The van der Waals surface area contributed by atoms with Gasteiger partial charge in [0.1, 0.15) is 0 Å². The molecule has 1 nitrogen and oxygen atoms in total. The third-order valence-electron chi connectivity index (χ3n) is 1.07. The normalized spacial score (nSPS) is 9.90. The molecule has 10 heavy (non-hydrogen) atoms. The van der Waals surface area contributed by atoms with Crippen LogP contribution in [0.3, 0.4) is 0 Å². The zero-order chi connectivity index (χ0) is 7.72. The maximum absolute atomic E-state index is 5.67. The van der Waals surface area contributed by atoms with E-state index in [1.807, 2.05) is 0 Å². The molecule has 0 atom stereocenters. The lowest BCUT2D eigenvalue weighted by molar-refractivity contribution is 1.48. The first kappa shape index (κ1) is 8.05. The smallest absolute Gasteiger partial charge is 0.0647 e. The number of thiol groups is 1. The summed E-state index contributed by atoms with van der Waals surface area (Å²) in [7, 11) is 0. The van der Waals surface area contributed by atoms with E-state index in [9.17, 15) is 0 Å². The Hall–Kier alpha value is -0.0500. The fourth-order valence-corrected chi connectivity index (χ4v) is 1.16. The van der Waals surface area contributed by atoms with Crippen LogP contribution in [0, 0.1) is 0 Å². The summed E-state index contributed by atoms with van der Waals surface area (Å²) in [4.78, 5) is 0.640. The van der Waals surface area contributed by atoms with Gasteiger partial charge in [-0.2, -0.15) is 0 Å². The van der Waals surface area contributed by atoms with E-state index in [2.05, 4.69) is 12.6 Å². The summed E-state index contributed by atoms with van der Waals surface area (Å²) >= 11 is 15.4. The zero-order valence-electron chi connectivity index (χ0n) is 4.94. The Bertz CT molecular complexity index is 212. The monoisotopic (exact) mass is 193 g/mol. The Kier molecular flexibility index (Phi) is 2.34. The number of anilines is 1. The van der Waals surface area contributed by atoms with Crippen molar-refractivity contribution >= 4 is 41.5 Å². The summed E-state index contributed by atoms with van der Waals surface area (Å²) in [5.74, 6) is 0. The largest absolute Gasteiger partial charge is 0.397 e. The van der Waals surface area contributed by atoms with Gasteiger partial charge < -0.3 is 5.73 Å². The molecule has 54 valence electrons. The zero-order valence-corrected chi connectivity index (χ0v) is 7.34. The molecule has 0 aromatic heterocycles. The van der Waals surface area contributed by atoms with Crippen LogP contribution in [0.25, 0.3) is 0 Å². The van der Waals surface area contributed by atoms with Gasteiger partial charge >= 0.3 is 0 Å². The van der Waals surface area contributed by atoms with Crippen molar-refractivity contribution in [2.75, 3.05) is 5.73 Å². The third-order valence-corrected chi connectivity index (χ3v) is 2.21. The predicted octanol–water partition coefficient (Wildman–Crippen LogP) is 2.86. The highest BCUT2D eigenvalue weighted by molar-refractivity contribution is 7.80. The minimum Gasteiger partial charge on any atom is -0.397 e. The molecule has 4 heteroatoms. The lowest BCUT2D eigenvalue weighted by Gasteiger charge is -1.99. The number of nitrogen functional groups attached to an aromatic ring is 1. The maximum atomic E-state index is 5.67. The number of benzene rings is 1. The lowest BCUT2D eigenvalue weighted by atomic mass is 10.3. The molecular formula is C6H5Cl2NS. The van der Waals surface area contributed by atoms with Crippen molar-refractivity contribution in [1.82, 2.24) is 0 Å². The van der Waals surface area contributed by atoms with Crippen LogP contribution < -0.4 is 5.73 Å². The highest BCUT2D eigenvalue weighted by Gasteiger charge is 2.00. The standard InChI is InChI=1S/C6H5Cl2NS/c7-3-2-6(10)4(8)1-5(3)9/h1-2,10H,9H2. The predicted molar refractivity (Wildman–Crippen MR) is 48.1 cm³/mol. The van der Waals surface area contributed by atoms with Crippen molar-refractivity contribution in [2.24, 2.45) is 0 Å². The Labute approximate surface area is 74.5 Å². The van der Waals surface area contributed by atoms with Gasteiger partial charge in [0.15, 0.2) is 0 Å². The highest BCUT2D eigenvalue weighted by Crippen LogP contribution is 2.28. The van der Waals surface area contributed by atoms with E-state index in [1.54, 1.807) is 12.1 Å². The van der Waals surface area contributed by atoms with Crippen molar-refractivity contribution < 1.29 is 0 Å². The molecule has 2 N–H and O–H groups in total. The first-order chi connectivity index (χ1) is 4.61. The molecule has 0 spiro atoms. The second kappa shape index (κ2) is 2.91. The van der Waals surface area contributed by atoms with Gasteiger partial charge in [0.2, 0.25) is 0 Å². The topological polar surface area (TPSA) is 26.0 Å². The van der Waals surface area contributed by atoms with E-state index in [4.69, 9.17) is 28.9 Å². The molecule has 0 saturated heterocycles. The fourth-order valence-electron chi connectivity index (χ4n) is 0.552. The average Bonchev–Trinajstić information content (AvgIpc) is 1.84. The molecular weight excluding hydrogens is 189 g/mol. The molecule has 0 fully saturated rings. The summed E-state index contributed by atoms with van der Waals surface area (Å²) in [6.45, 7) is 0. The fraction of sp³-hybridized carbons (Fsp3) is 0. The van der Waals surface area contributed by atoms with Gasteiger partial charge in [-0.05, 0) is 12.1 Å². The van der Waals surface area contributed by atoms with Crippen LogP contribution in [-0.2, 0) is 0 Å². The molecule has 0 amide bonds. The molecule has 0 saturated carbocycles. The summed E-state index contributed by atoms with van der Waals surface area (Å²) < 4.78 is 0. The summed E-state index contributed by atoms with van der Waals surface area (Å²) in [6, 6.07) is 3.19. The van der Waals surface area contributed by atoms with E-state index in [1.165, 1.54) is 0 Å². The van der Waals surface area contributed by atoms with E-state index in [0.29, 0.717) is 20.6 Å². The van der Waals surface area contributed by atoms with Gasteiger partial charge in [-0.1, -0.05) is 23.2 Å². The Morgan fingerprint density at radius 1 is 1.20 bits per heavy atom. The quantitative estimate of drug-likeness (QED) is 0.482. The van der Waals surface area contributed by atoms with E-state index < -0.39 is 0 Å². The van der Waals surface area contributed by atoms with Crippen molar-refractivity contribution in [3.8, 4) is 0 Å². The SMILES string of the molecule is Nc1cc(Cl)c(S)cc1Cl. The number of rotatable bonds is 0. The first-order valence-corrected chi connectivity index (χ1v) is 3.75. The molecule has 0 heterocycles. The Balaban J connectivity index is 3.28. The lowest BCUT2D eigenvalue weighted by Crippen LogP contribution is -1.85. The minimum atomic E-state index is 0.476. The maximum Gasteiger partial charge on any atom is 0.0647 e. The molecule has 1 rings (SSSR count). The minimum absolute atomic E-state index is 0.476. The van der Waals surface area contributed by atoms with Gasteiger partial charge in [0.25, 0.3) is 0 Å². The molecule has 0 bridgehead atoms. The van der Waals surface area contributed by atoms with Gasteiger partial charge in [-0.15, -0.1) is 12.6 Å². The second-order valence-electron chi connectivity index (χ2n) is 1.83. The van der Waals surface area contributed by atoms with Gasteiger partial charge in [-0.25, -0.2) is 0 Å². The third kappa shape index (κ3) is 1.51. The Morgan fingerprint density at radius 3 is 2.30 bits per heavy atom. The van der Waals surface area contributed by atoms with Crippen molar-refractivity contribution in [3.05, 3.63) is 22.2 Å². The summed E-state index contributed by atoms with van der Waals surface area (Å²) in [5.41, 5.74) is 5.92. The molecule has 1 aromatic rings. The number of halogens is 2. The van der Waals surface area contributed by atoms with Crippen LogP contribution in [0.2, 0.25) is 10.0 Å². The average molecular weight is 194 g/mol. The number of hydrogen-bond donors (Lipinski definition) is 2. The molecule has 0 aliphatic carbocycles. The van der Waals surface area contributed by atoms with Crippen LogP contribution in [0.1, 0.15) is 0 Å². The highest BCUT2D eigenvalue weighted by atomic mass is 35.5. The molecule has 0 radical (unpaired) electrons. The first-order valence-electron chi connectivity index (χ1n) is 2.54. The number of hydrogen-bond acceptors (Lipinski definition) is 2. The van der Waals surface area contributed by atoms with E-state index >= 15 is 0 Å². The van der Waals surface area contributed by atoms with E-state index in [-0.39, 0.29) is 0 Å². The Morgan fingerprint density at radius 2 is 1.80 bits per heavy atom. The molecule has 0 aliphatic heterocycles. The van der Waals surface area contributed by atoms with E-state index in [0.717, 1.165) is 0 Å². The van der Waals surface area contributed by atoms with Crippen LogP contribution in [-0.4, -0.2) is 0 Å².